The minimum Gasteiger partial charge on any atom is -0.387 e. The molecule has 2 aliphatic rings. The highest BCUT2D eigenvalue weighted by atomic mass is 31.3. The van der Waals surface area contributed by atoms with Gasteiger partial charge in [-0.1, -0.05) is 6.07 Å². The summed E-state index contributed by atoms with van der Waals surface area (Å²) in [5.41, 5.74) is 5.86. The average Bonchev–Trinajstić information content (AvgIpc) is 3.61. The molecule has 0 aromatic carbocycles. The highest BCUT2D eigenvalue weighted by Gasteiger charge is 2.51. The Hall–Kier alpha value is -2.33. The number of fused-ring (bicyclic) bond motifs is 1. The number of aliphatic hydroxyl groups is 3. The SMILES string of the molecule is Nc1ncnc2c1ncn2[C@@H]1O[C@H](COP(=O)(O)OP(=O)(O)OC[C@H]2O[C@@H]([n+]3ccccc3)[C@H](O)[C@@H]2O)[C@@H](O)[C@H]1OP(=O)(O)O. The Labute approximate surface area is 252 Å². The van der Waals surface area contributed by atoms with Crippen LogP contribution in [-0.4, -0.2) is 104 Å². The van der Waals surface area contributed by atoms with Crippen molar-refractivity contribution in [2.45, 2.75) is 49.1 Å². The summed E-state index contributed by atoms with van der Waals surface area (Å²) >= 11 is 0. The van der Waals surface area contributed by atoms with Gasteiger partial charge in [-0.05, 0) is 0 Å². The summed E-state index contributed by atoms with van der Waals surface area (Å²) in [4.78, 5) is 50.6. The maximum atomic E-state index is 12.5. The van der Waals surface area contributed by atoms with Gasteiger partial charge in [-0.15, -0.1) is 0 Å². The molecule has 9 N–H and O–H groups in total. The molecule has 0 bridgehead atoms. The summed E-state index contributed by atoms with van der Waals surface area (Å²) in [6.45, 7) is -1.90. The van der Waals surface area contributed by atoms with Crippen molar-refractivity contribution < 1.29 is 80.5 Å². The third-order valence-electron chi connectivity index (χ3n) is 6.61. The van der Waals surface area contributed by atoms with E-state index < -0.39 is 85.8 Å². The van der Waals surface area contributed by atoms with Gasteiger partial charge >= 0.3 is 23.5 Å². The Kier molecular flexibility index (Phi) is 9.87. The molecule has 248 valence electrons. The van der Waals surface area contributed by atoms with Crippen LogP contribution < -0.4 is 10.3 Å². The van der Waals surface area contributed by atoms with E-state index in [0.717, 1.165) is 17.2 Å². The highest BCUT2D eigenvalue weighted by molar-refractivity contribution is 7.61. The van der Waals surface area contributed by atoms with Crippen molar-refractivity contribution >= 4 is 40.4 Å². The standard InChI is InChI=1S/C20H27N6O16P3/c21-17-12-18(23-8-22-17)26(9-24-12)20-16(41-43(30,31)32)14(28)11(40-20)7-38-45(35,36)42-44(33,34)37-6-10-13(27)15(29)19(39-10)25-4-2-1-3-5-25/h1-5,8-11,13-16,19-20,27-29H,6-7H2,(H5-,21,22,23,30,31,32,33,34,35,36)/p+1/t10-,11-,13-,14-,15-,16-,19-,20-/m1/s1. The molecule has 22 nitrogen and oxygen atoms in total. The van der Waals surface area contributed by atoms with E-state index in [1.165, 1.54) is 4.57 Å². The number of ether oxygens (including phenoxy) is 2. The van der Waals surface area contributed by atoms with Crippen LogP contribution in [0, 0.1) is 0 Å². The van der Waals surface area contributed by atoms with Crippen LogP contribution >= 0.6 is 23.5 Å². The number of aliphatic hydroxyl groups excluding tert-OH is 3. The van der Waals surface area contributed by atoms with E-state index in [-0.39, 0.29) is 17.0 Å². The van der Waals surface area contributed by atoms with E-state index in [1.54, 1.807) is 30.6 Å². The lowest BCUT2D eigenvalue weighted by Crippen LogP contribution is -2.45. The fourth-order valence-electron chi connectivity index (χ4n) is 4.62. The second-order valence-electron chi connectivity index (χ2n) is 9.68. The Morgan fingerprint density at radius 3 is 2.11 bits per heavy atom. The number of hydrogen-bond donors (Lipinski definition) is 8. The molecule has 2 saturated heterocycles. The minimum atomic E-state index is -5.46. The van der Waals surface area contributed by atoms with Gasteiger partial charge in [0.2, 0.25) is 0 Å². The van der Waals surface area contributed by atoms with Crippen LogP contribution in [0.1, 0.15) is 12.5 Å². The van der Waals surface area contributed by atoms with Gasteiger partial charge in [-0.25, -0.2) is 28.6 Å². The molecule has 45 heavy (non-hydrogen) atoms. The Bertz CT molecular complexity index is 1640. The number of nitrogens with zero attached hydrogens (tertiary/aromatic N) is 5. The predicted octanol–water partition coefficient (Wildman–Crippen LogP) is -2.00. The Morgan fingerprint density at radius 1 is 0.867 bits per heavy atom. The van der Waals surface area contributed by atoms with Crippen molar-refractivity contribution in [3.05, 3.63) is 43.2 Å². The molecule has 0 radical (unpaired) electrons. The predicted molar refractivity (Wildman–Crippen MR) is 142 cm³/mol. The molecule has 0 amide bonds. The fourth-order valence-corrected chi connectivity index (χ4v) is 7.25. The number of phosphoric acid groups is 3. The Balaban J connectivity index is 1.21. The topological polar surface area (TPSA) is 322 Å². The van der Waals surface area contributed by atoms with Crippen LogP contribution in [0.3, 0.4) is 0 Å². The smallest absolute Gasteiger partial charge is 0.387 e. The van der Waals surface area contributed by atoms with Gasteiger partial charge in [-0.3, -0.25) is 18.1 Å². The summed E-state index contributed by atoms with van der Waals surface area (Å²) < 4.78 is 68.5. The van der Waals surface area contributed by atoms with Crippen molar-refractivity contribution in [1.82, 2.24) is 19.5 Å². The number of pyridine rings is 1. The molecule has 3 aromatic rings. The third-order valence-corrected chi connectivity index (χ3v) is 9.73. The van der Waals surface area contributed by atoms with Crippen molar-refractivity contribution in [2.75, 3.05) is 18.9 Å². The van der Waals surface area contributed by atoms with Crippen LogP contribution in [0.5, 0.6) is 0 Å². The fraction of sp³-hybridized carbons (Fsp3) is 0.500. The normalized spacial score (nSPS) is 31.6. The molecule has 2 unspecified atom stereocenters. The van der Waals surface area contributed by atoms with Crippen LogP contribution in [0.4, 0.5) is 5.82 Å². The molecule has 25 heteroatoms. The van der Waals surface area contributed by atoms with Crippen LogP contribution in [0.15, 0.2) is 43.2 Å². The first-order valence-electron chi connectivity index (χ1n) is 12.7. The number of phosphoric ester groups is 3. The zero-order chi connectivity index (χ0) is 32.7. The monoisotopic (exact) mass is 701 g/mol. The molecule has 0 saturated carbocycles. The van der Waals surface area contributed by atoms with Crippen molar-refractivity contribution in [1.29, 1.82) is 0 Å². The van der Waals surface area contributed by atoms with E-state index >= 15 is 0 Å². The van der Waals surface area contributed by atoms with E-state index in [9.17, 15) is 48.6 Å². The number of hydrogen-bond acceptors (Lipinski definition) is 16. The number of aromatic nitrogens is 5. The highest BCUT2D eigenvalue weighted by Crippen LogP contribution is 2.61. The summed E-state index contributed by atoms with van der Waals surface area (Å²) in [6.07, 6.45) is -7.12. The van der Waals surface area contributed by atoms with Gasteiger partial charge < -0.3 is 50.1 Å². The average molecular weight is 701 g/mol. The van der Waals surface area contributed by atoms with Gasteiger partial charge in [0.25, 0.3) is 6.23 Å². The van der Waals surface area contributed by atoms with Gasteiger partial charge in [-0.2, -0.15) is 8.88 Å². The lowest BCUT2D eigenvalue weighted by Gasteiger charge is -2.22. The first kappa shape index (κ1) is 34.0. The number of imidazole rings is 1. The third kappa shape index (κ3) is 7.80. The molecule has 10 atom stereocenters. The number of nitrogen functional groups attached to an aromatic ring is 1. The number of rotatable bonds is 12. The lowest BCUT2D eigenvalue weighted by atomic mass is 10.1. The summed E-state index contributed by atoms with van der Waals surface area (Å²) in [7, 11) is -16.1. The molecule has 5 heterocycles. The first-order chi connectivity index (χ1) is 21.1. The van der Waals surface area contributed by atoms with E-state index in [4.69, 9.17) is 24.3 Å². The van der Waals surface area contributed by atoms with Crippen LogP contribution in [0.2, 0.25) is 0 Å². The van der Waals surface area contributed by atoms with Gasteiger partial charge in [0.15, 0.2) is 36.2 Å². The quantitative estimate of drug-likeness (QED) is 0.0748. The summed E-state index contributed by atoms with van der Waals surface area (Å²) in [5.74, 6) is -0.0428. The summed E-state index contributed by atoms with van der Waals surface area (Å²) in [5, 5.41) is 31.3. The Morgan fingerprint density at radius 2 is 1.49 bits per heavy atom. The van der Waals surface area contributed by atoms with Crippen LogP contribution in [0.25, 0.3) is 11.2 Å². The van der Waals surface area contributed by atoms with E-state index in [1.807, 2.05) is 0 Å². The van der Waals surface area contributed by atoms with E-state index in [0.29, 0.717) is 0 Å². The zero-order valence-electron chi connectivity index (χ0n) is 22.5. The number of anilines is 1. The summed E-state index contributed by atoms with van der Waals surface area (Å²) in [6, 6.07) is 4.96. The van der Waals surface area contributed by atoms with Crippen molar-refractivity contribution in [2.24, 2.45) is 0 Å². The lowest BCUT2D eigenvalue weighted by molar-refractivity contribution is -0.765. The molecule has 5 rings (SSSR count). The van der Waals surface area contributed by atoms with E-state index in [2.05, 4.69) is 23.8 Å². The van der Waals surface area contributed by atoms with Gasteiger partial charge in [0.05, 0.1) is 19.5 Å². The minimum absolute atomic E-state index is 0.0210. The molecule has 2 fully saturated rings. The molecule has 2 aliphatic heterocycles. The molecular weight excluding hydrogens is 673 g/mol. The molecular formula is C20H28N6O16P3+. The molecule has 3 aromatic heterocycles. The zero-order valence-corrected chi connectivity index (χ0v) is 25.2. The molecule has 0 aliphatic carbocycles. The number of nitrogens with two attached hydrogens (primary N) is 1. The van der Waals surface area contributed by atoms with Gasteiger partial charge in [0.1, 0.15) is 42.4 Å². The second-order valence-corrected chi connectivity index (χ2v) is 13.9. The van der Waals surface area contributed by atoms with Crippen molar-refractivity contribution in [3.8, 4) is 0 Å². The van der Waals surface area contributed by atoms with Crippen molar-refractivity contribution in [3.63, 3.8) is 0 Å². The largest absolute Gasteiger partial charge is 0.481 e. The molecule has 0 spiro atoms. The maximum Gasteiger partial charge on any atom is 0.481 e. The first-order valence-corrected chi connectivity index (χ1v) is 17.2. The van der Waals surface area contributed by atoms with Gasteiger partial charge in [0, 0.05) is 12.1 Å². The maximum absolute atomic E-state index is 12.5. The second kappa shape index (κ2) is 13.1. The van der Waals surface area contributed by atoms with Crippen LogP contribution in [-0.2, 0) is 41.1 Å².